The largest absolute Gasteiger partial charge is 0.493 e. The highest BCUT2D eigenvalue weighted by atomic mass is 31.2. The van der Waals surface area contributed by atoms with Crippen molar-refractivity contribution in [3.05, 3.63) is 93.4 Å². The molecule has 0 saturated carbocycles. The van der Waals surface area contributed by atoms with Gasteiger partial charge >= 0.3 is 42.5 Å². The normalized spacial score (nSPS) is 26.3. The van der Waals surface area contributed by atoms with Crippen LogP contribution in [0.15, 0.2) is 76.8 Å². The van der Waals surface area contributed by atoms with Crippen LogP contribution >= 0.6 is 7.60 Å². The van der Waals surface area contributed by atoms with E-state index < -0.39 is 72.7 Å². The van der Waals surface area contributed by atoms with E-state index in [4.69, 9.17) is 53.1 Å². The molecule has 60 heavy (non-hydrogen) atoms. The van der Waals surface area contributed by atoms with Crippen LogP contribution in [-0.4, -0.2) is 69.9 Å². The van der Waals surface area contributed by atoms with E-state index in [9.17, 15) is 29.3 Å². The Kier molecular flexibility index (Phi) is 13.5. The molecule has 2 aromatic carbocycles. The number of benzene rings is 2. The summed E-state index contributed by atoms with van der Waals surface area (Å²) in [4.78, 5) is 78.8. The highest BCUT2D eigenvalue weighted by molar-refractivity contribution is 7.68. The summed E-state index contributed by atoms with van der Waals surface area (Å²) in [6.07, 6.45) is -3.39. The van der Waals surface area contributed by atoms with Gasteiger partial charge in [0.1, 0.15) is 18.5 Å². The number of fused-ring (bicyclic) bond motifs is 1. The van der Waals surface area contributed by atoms with Crippen LogP contribution in [0.25, 0.3) is 10.4 Å². The number of methoxy groups -OCH3 is 1. The number of nitrogen functional groups attached to an aromatic ring is 1. The predicted octanol–water partition coefficient (Wildman–Crippen LogP) is 4.84. The number of esters is 3. The van der Waals surface area contributed by atoms with Crippen molar-refractivity contribution in [2.75, 3.05) is 12.8 Å². The SMILES string of the molecule is CCCCC(=O)O[C@H]1[C@H](n2ccc(N)nc2=O)O[C@@](N=[N+]=[N-])(C(ON[C@@H](C)C(=O)OCc2ccccc2)(OOc2ccccc2OC)C23OP2(=O)O3)[C@H]1OC(=O)CCCC. The van der Waals surface area contributed by atoms with Crippen molar-refractivity contribution in [3.63, 3.8) is 0 Å². The zero-order valence-corrected chi connectivity index (χ0v) is 33.9. The van der Waals surface area contributed by atoms with E-state index in [1.54, 1.807) is 36.4 Å². The van der Waals surface area contributed by atoms with Gasteiger partial charge in [0.15, 0.2) is 24.2 Å². The third-order valence-corrected chi connectivity index (χ3v) is 11.4. The second-order valence-electron chi connectivity index (χ2n) is 13.7. The highest BCUT2D eigenvalue weighted by Gasteiger charge is 3.06. The van der Waals surface area contributed by atoms with Crippen molar-refractivity contribution in [2.45, 2.75) is 107 Å². The van der Waals surface area contributed by atoms with Crippen LogP contribution in [0, 0.1) is 0 Å². The lowest BCUT2D eigenvalue weighted by Crippen LogP contribution is -2.70. The first-order valence-corrected chi connectivity index (χ1v) is 20.5. The van der Waals surface area contributed by atoms with E-state index in [0.717, 1.165) is 10.8 Å². The quantitative estimate of drug-likeness (QED) is 0.0130. The van der Waals surface area contributed by atoms with Crippen LogP contribution in [0.2, 0.25) is 0 Å². The topological polar surface area (TPSA) is 289 Å². The number of carbonyl (C=O) groups excluding carboxylic acids is 3. The van der Waals surface area contributed by atoms with Gasteiger partial charge in [0.05, 0.1) is 7.11 Å². The Balaban J connectivity index is 1.53. The molecule has 3 saturated heterocycles. The van der Waals surface area contributed by atoms with Gasteiger partial charge in [-0.25, -0.2) is 4.79 Å². The molecule has 0 radical (unpaired) electrons. The summed E-state index contributed by atoms with van der Waals surface area (Å²) in [6.45, 7) is 4.82. The molecule has 3 aromatic rings. The maximum atomic E-state index is 13.9. The number of anilines is 1. The average Bonchev–Trinajstić information content (AvgIpc) is 4.02. The summed E-state index contributed by atoms with van der Waals surface area (Å²) in [5, 5.41) is 3.93. The average molecular weight is 858 g/mol. The number of aromatic nitrogens is 2. The van der Waals surface area contributed by atoms with Crippen LogP contribution in [0.4, 0.5) is 5.82 Å². The molecule has 6 rings (SSSR count). The first-order valence-electron chi connectivity index (χ1n) is 18.9. The molecule has 3 fully saturated rings. The fourth-order valence-corrected chi connectivity index (χ4v) is 8.10. The molecular weight excluding hydrogens is 813 g/mol. The van der Waals surface area contributed by atoms with Gasteiger partial charge < -0.3 is 34.3 Å². The Morgan fingerprint density at radius 2 is 1.67 bits per heavy atom. The molecule has 23 heteroatoms. The zero-order valence-electron chi connectivity index (χ0n) is 33.0. The fourth-order valence-electron chi connectivity index (χ4n) is 6.27. The lowest BCUT2D eigenvalue weighted by molar-refractivity contribution is -0.478. The summed E-state index contributed by atoms with van der Waals surface area (Å²) in [5.74, 6) is -6.16. The second kappa shape index (κ2) is 18.4. The number of para-hydroxylation sites is 2. The molecule has 6 atom stereocenters. The van der Waals surface area contributed by atoms with Crippen LogP contribution in [0.3, 0.4) is 0 Å². The lowest BCUT2D eigenvalue weighted by Gasteiger charge is -2.43. The molecule has 4 heterocycles. The summed E-state index contributed by atoms with van der Waals surface area (Å²) >= 11 is 0. The van der Waals surface area contributed by atoms with Gasteiger partial charge in [0, 0.05) is 24.0 Å². The van der Waals surface area contributed by atoms with Gasteiger partial charge in [-0.15, -0.1) is 4.89 Å². The number of azide groups is 1. The molecule has 0 aliphatic carbocycles. The predicted molar refractivity (Wildman–Crippen MR) is 204 cm³/mol. The van der Waals surface area contributed by atoms with E-state index in [1.165, 1.54) is 38.3 Å². The summed E-state index contributed by atoms with van der Waals surface area (Å²) in [6, 6.07) is 14.6. The Labute approximate surface area is 342 Å². The Morgan fingerprint density at radius 1 is 1.03 bits per heavy atom. The number of nitrogens with two attached hydrogens (primary N) is 1. The molecule has 0 spiro atoms. The number of carbonyl (C=O) groups is 3. The molecule has 322 valence electrons. The monoisotopic (exact) mass is 857 g/mol. The van der Waals surface area contributed by atoms with Gasteiger partial charge in [-0.2, -0.15) is 10.5 Å². The van der Waals surface area contributed by atoms with Crippen molar-refractivity contribution in [3.8, 4) is 11.5 Å². The van der Waals surface area contributed by atoms with Crippen molar-refractivity contribution in [2.24, 2.45) is 5.11 Å². The number of hydroxylamine groups is 1. The Bertz CT molecular complexity index is 2200. The number of ether oxygens (including phenoxy) is 5. The zero-order chi connectivity index (χ0) is 43.1. The number of hydrogen-bond donors (Lipinski definition) is 2. The summed E-state index contributed by atoms with van der Waals surface area (Å²) in [7, 11) is -2.92. The van der Waals surface area contributed by atoms with E-state index in [1.807, 2.05) is 13.8 Å². The summed E-state index contributed by atoms with van der Waals surface area (Å²) < 4.78 is 55.1. The molecule has 22 nitrogen and oxygen atoms in total. The van der Waals surface area contributed by atoms with Crippen molar-refractivity contribution in [1.82, 2.24) is 15.0 Å². The molecule has 0 bridgehead atoms. The van der Waals surface area contributed by atoms with Gasteiger partial charge in [-0.1, -0.05) is 69.2 Å². The van der Waals surface area contributed by atoms with Gasteiger partial charge in [-0.3, -0.25) is 37.4 Å². The molecule has 0 amide bonds. The molecular formula is C37H44N7O15P. The number of unbranched alkanes of at least 4 members (excludes halogenated alkanes) is 2. The van der Waals surface area contributed by atoms with Gasteiger partial charge in [-0.05, 0) is 54.2 Å². The minimum Gasteiger partial charge on any atom is -0.493 e. The van der Waals surface area contributed by atoms with Crippen molar-refractivity contribution >= 4 is 31.3 Å². The third kappa shape index (κ3) is 8.54. The van der Waals surface area contributed by atoms with Crippen molar-refractivity contribution in [1.29, 1.82) is 0 Å². The first kappa shape index (κ1) is 44.0. The maximum absolute atomic E-state index is 13.9. The Morgan fingerprint density at radius 3 is 2.27 bits per heavy atom. The number of nitrogens with one attached hydrogen (secondary N) is 1. The van der Waals surface area contributed by atoms with Crippen LogP contribution in [0.5, 0.6) is 11.5 Å². The lowest BCUT2D eigenvalue weighted by atomic mass is 9.93. The minimum atomic E-state index is -4.24. The highest BCUT2D eigenvalue weighted by Crippen LogP contribution is 3.01. The van der Waals surface area contributed by atoms with Crippen LogP contribution in [-0.2, 0) is 63.3 Å². The second-order valence-corrected chi connectivity index (χ2v) is 15.7. The van der Waals surface area contributed by atoms with Gasteiger partial charge in [0.25, 0.3) is 5.72 Å². The van der Waals surface area contributed by atoms with E-state index in [-0.39, 0.29) is 36.8 Å². The Hall–Kier alpha value is -5.57. The number of nitrogens with zero attached hydrogens (tertiary/aromatic N) is 5. The van der Waals surface area contributed by atoms with E-state index in [2.05, 4.69) is 20.5 Å². The minimum absolute atomic E-state index is 0.0826. The fraction of sp³-hybridized carbons (Fsp3) is 0.486. The van der Waals surface area contributed by atoms with Gasteiger partial charge in [0.2, 0.25) is 5.75 Å². The smallest absolute Gasteiger partial charge is 0.403 e. The van der Waals surface area contributed by atoms with E-state index in [0.29, 0.717) is 31.2 Å². The number of hydrogen-bond acceptors (Lipinski definition) is 19. The molecule has 1 aromatic heterocycles. The summed E-state index contributed by atoms with van der Waals surface area (Å²) in [5.41, 5.74) is 12.5. The van der Waals surface area contributed by atoms with E-state index >= 15 is 0 Å². The molecule has 3 N–H and O–H groups in total. The van der Waals surface area contributed by atoms with Crippen molar-refractivity contribution < 1.29 is 66.3 Å². The molecule has 3 aliphatic rings. The van der Waals surface area contributed by atoms with Crippen LogP contribution in [0.1, 0.15) is 71.1 Å². The molecule has 3 aliphatic heterocycles. The maximum Gasteiger partial charge on any atom is 0.403 e. The van der Waals surface area contributed by atoms with Crippen LogP contribution < -0.4 is 26.5 Å². The standard InChI is InChI=1S/C37H44N7O15P/c1-5-7-18-28(45)52-30-31(53-29(46)19-8-6-2)35(42-43-39,54-32(30)44-21-20-27(38)40-34(44)48)36(37-58-60(37,49)59-37,57-55-26-17-13-12-16-25(26)50-4)56-41-23(3)33(47)51-22-24-14-10-9-11-15-24/h9-17,20-21,23,30-32,41H,5-8,18-19,22H2,1-4H3,(H2,38,40,48)/t23-,30+,31-,32+,35+,36?,37?,60?/m0/s1. The third-order valence-electron chi connectivity index (χ3n) is 9.53. The number of rotatable bonds is 22. The molecule has 1 unspecified atom stereocenters. The first-order chi connectivity index (χ1) is 28.8.